The van der Waals surface area contributed by atoms with Gasteiger partial charge in [0.05, 0.1) is 31.9 Å². The minimum atomic E-state index is -0.505. The van der Waals surface area contributed by atoms with Gasteiger partial charge in [0.2, 0.25) is 0 Å². The van der Waals surface area contributed by atoms with E-state index in [0.29, 0.717) is 26.4 Å². The zero-order chi connectivity index (χ0) is 19.4. The molecule has 3 rings (SSSR count). The van der Waals surface area contributed by atoms with Gasteiger partial charge >= 0.3 is 6.09 Å². The number of methoxy groups -OCH3 is 1. The second kappa shape index (κ2) is 8.31. The Hall–Kier alpha value is -2.05. The summed E-state index contributed by atoms with van der Waals surface area (Å²) in [7, 11) is 1.66. The van der Waals surface area contributed by atoms with Crippen LogP contribution in [0.2, 0.25) is 0 Å². The standard InChI is InChI=1S/C21H29NO5/c1-21(2,3)27-20(23)22-17-11-16(12-18(22)14-25-13-17)15-5-7-19(8-6-15)26-10-9-24-4/h5-8,11,17-18H,9-10,12-14H2,1-4H3. The first-order valence-corrected chi connectivity index (χ1v) is 9.39. The van der Waals surface area contributed by atoms with Crippen LogP contribution >= 0.6 is 0 Å². The molecule has 0 aliphatic carbocycles. The maximum absolute atomic E-state index is 12.6. The van der Waals surface area contributed by atoms with Gasteiger partial charge in [-0.3, -0.25) is 4.90 Å². The molecule has 1 fully saturated rings. The Bertz CT molecular complexity index is 677. The van der Waals surface area contributed by atoms with Crippen LogP contribution in [0, 0.1) is 0 Å². The van der Waals surface area contributed by atoms with E-state index in [4.69, 9.17) is 18.9 Å². The maximum Gasteiger partial charge on any atom is 0.411 e. The number of carbonyl (C=O) groups excluding carboxylic acids is 1. The first-order valence-electron chi connectivity index (χ1n) is 9.39. The number of nitrogens with zero attached hydrogens (tertiary/aromatic N) is 1. The summed E-state index contributed by atoms with van der Waals surface area (Å²) in [5, 5.41) is 0. The molecule has 148 valence electrons. The van der Waals surface area contributed by atoms with Crippen LogP contribution in [0.3, 0.4) is 0 Å². The Morgan fingerprint density at radius 2 is 1.93 bits per heavy atom. The Balaban J connectivity index is 1.72. The number of hydrogen-bond donors (Lipinski definition) is 0. The maximum atomic E-state index is 12.6. The van der Waals surface area contributed by atoms with Crippen molar-refractivity contribution in [2.24, 2.45) is 0 Å². The molecule has 27 heavy (non-hydrogen) atoms. The summed E-state index contributed by atoms with van der Waals surface area (Å²) in [6.45, 7) is 7.79. The number of carbonyl (C=O) groups is 1. The van der Waals surface area contributed by atoms with E-state index in [0.717, 1.165) is 17.7 Å². The van der Waals surface area contributed by atoms with Gasteiger partial charge in [0.1, 0.15) is 18.0 Å². The average molecular weight is 375 g/mol. The zero-order valence-electron chi connectivity index (χ0n) is 16.6. The second-order valence-electron chi connectivity index (χ2n) is 7.91. The highest BCUT2D eigenvalue weighted by Gasteiger charge is 2.40. The summed E-state index contributed by atoms with van der Waals surface area (Å²) >= 11 is 0. The SMILES string of the molecule is COCCOc1ccc(C2=CC3COCC(C2)N3C(=O)OC(C)(C)C)cc1. The lowest BCUT2D eigenvalue weighted by atomic mass is 9.90. The van der Waals surface area contributed by atoms with Crippen LogP contribution in [0.25, 0.3) is 5.57 Å². The van der Waals surface area contributed by atoms with E-state index in [9.17, 15) is 4.79 Å². The molecular formula is C21H29NO5. The van der Waals surface area contributed by atoms with E-state index in [1.54, 1.807) is 7.11 Å². The van der Waals surface area contributed by atoms with Crippen LogP contribution < -0.4 is 4.74 Å². The van der Waals surface area contributed by atoms with Crippen molar-refractivity contribution >= 4 is 11.7 Å². The van der Waals surface area contributed by atoms with Crippen molar-refractivity contribution < 1.29 is 23.7 Å². The van der Waals surface area contributed by atoms with Gasteiger partial charge in [-0.25, -0.2) is 4.79 Å². The lowest BCUT2D eigenvalue weighted by Gasteiger charge is -2.44. The lowest BCUT2D eigenvalue weighted by molar-refractivity contribution is -0.0510. The third kappa shape index (κ3) is 5.02. The molecule has 6 nitrogen and oxygen atoms in total. The molecule has 0 spiro atoms. The number of hydrogen-bond acceptors (Lipinski definition) is 5. The monoisotopic (exact) mass is 375 g/mol. The molecule has 0 radical (unpaired) electrons. The summed E-state index contributed by atoms with van der Waals surface area (Å²) in [6, 6.07) is 7.97. The highest BCUT2D eigenvalue weighted by Crippen LogP contribution is 2.34. The van der Waals surface area contributed by atoms with Crippen LogP contribution in [0.4, 0.5) is 4.79 Å². The molecule has 2 unspecified atom stereocenters. The van der Waals surface area contributed by atoms with Crippen LogP contribution in [0.1, 0.15) is 32.8 Å². The first-order chi connectivity index (χ1) is 12.9. The number of morpholine rings is 1. The Morgan fingerprint density at radius 1 is 1.19 bits per heavy atom. The number of benzene rings is 1. The molecule has 2 aliphatic rings. The van der Waals surface area contributed by atoms with Gasteiger partial charge in [-0.05, 0) is 50.5 Å². The molecular weight excluding hydrogens is 346 g/mol. The van der Waals surface area contributed by atoms with Gasteiger partial charge < -0.3 is 18.9 Å². The van der Waals surface area contributed by atoms with Crippen molar-refractivity contribution in [3.05, 3.63) is 35.9 Å². The van der Waals surface area contributed by atoms with Gasteiger partial charge in [0.15, 0.2) is 0 Å². The predicted octanol–water partition coefficient (Wildman–Crippen LogP) is 3.50. The zero-order valence-corrected chi connectivity index (χ0v) is 16.6. The highest BCUT2D eigenvalue weighted by molar-refractivity contribution is 5.75. The summed E-state index contributed by atoms with van der Waals surface area (Å²) in [5.41, 5.74) is 1.88. The molecule has 2 heterocycles. The molecule has 0 saturated carbocycles. The van der Waals surface area contributed by atoms with Crippen LogP contribution in [-0.4, -0.2) is 62.2 Å². The largest absolute Gasteiger partial charge is 0.491 e. The van der Waals surface area contributed by atoms with E-state index >= 15 is 0 Å². The molecule has 6 heteroatoms. The third-order valence-electron chi connectivity index (χ3n) is 4.58. The fourth-order valence-corrected chi connectivity index (χ4v) is 3.42. The van der Waals surface area contributed by atoms with Gasteiger partial charge in [-0.2, -0.15) is 0 Å². The van der Waals surface area contributed by atoms with E-state index in [1.165, 1.54) is 5.57 Å². The lowest BCUT2D eigenvalue weighted by Crippen LogP contribution is -2.57. The second-order valence-corrected chi connectivity index (χ2v) is 7.91. The number of rotatable bonds is 5. The van der Waals surface area contributed by atoms with Gasteiger partial charge in [-0.15, -0.1) is 0 Å². The molecule has 2 aliphatic heterocycles. The van der Waals surface area contributed by atoms with Crippen LogP contribution in [0.5, 0.6) is 5.75 Å². The molecule has 0 N–H and O–H groups in total. The van der Waals surface area contributed by atoms with Crippen molar-refractivity contribution in [2.45, 2.75) is 44.9 Å². The predicted molar refractivity (Wildman–Crippen MR) is 103 cm³/mol. The molecule has 0 aromatic heterocycles. The summed E-state index contributed by atoms with van der Waals surface area (Å²) in [5.74, 6) is 0.825. The topological polar surface area (TPSA) is 57.2 Å². The normalized spacial score (nSPS) is 22.2. The summed E-state index contributed by atoms with van der Waals surface area (Å²) < 4.78 is 21.9. The van der Waals surface area contributed by atoms with E-state index in [1.807, 2.05) is 37.8 Å². The Morgan fingerprint density at radius 3 is 2.56 bits per heavy atom. The fraction of sp³-hybridized carbons (Fsp3) is 0.571. The van der Waals surface area contributed by atoms with Crippen molar-refractivity contribution in [3.8, 4) is 5.75 Å². The van der Waals surface area contributed by atoms with Gasteiger partial charge in [0.25, 0.3) is 0 Å². The molecule has 2 bridgehead atoms. The van der Waals surface area contributed by atoms with E-state index in [-0.39, 0.29) is 18.2 Å². The number of ether oxygens (including phenoxy) is 4. The molecule has 2 atom stereocenters. The smallest absolute Gasteiger partial charge is 0.411 e. The summed E-state index contributed by atoms with van der Waals surface area (Å²) in [6.07, 6.45) is 2.61. The van der Waals surface area contributed by atoms with Crippen molar-refractivity contribution in [3.63, 3.8) is 0 Å². The van der Waals surface area contributed by atoms with Crippen molar-refractivity contribution in [1.82, 2.24) is 4.90 Å². The average Bonchev–Trinajstić information content (AvgIpc) is 2.60. The molecule has 1 amide bonds. The molecule has 1 saturated heterocycles. The third-order valence-corrected chi connectivity index (χ3v) is 4.58. The Kier molecular flexibility index (Phi) is 6.07. The molecule has 1 aromatic rings. The van der Waals surface area contributed by atoms with Gasteiger partial charge in [0, 0.05) is 7.11 Å². The quantitative estimate of drug-likeness (QED) is 0.737. The van der Waals surface area contributed by atoms with Crippen molar-refractivity contribution in [1.29, 1.82) is 0 Å². The number of fused-ring (bicyclic) bond motifs is 2. The fourth-order valence-electron chi connectivity index (χ4n) is 3.42. The highest BCUT2D eigenvalue weighted by atomic mass is 16.6. The summed E-state index contributed by atoms with van der Waals surface area (Å²) in [4.78, 5) is 14.5. The van der Waals surface area contributed by atoms with E-state index in [2.05, 4.69) is 18.2 Å². The van der Waals surface area contributed by atoms with Crippen LogP contribution in [0.15, 0.2) is 30.3 Å². The first kappa shape index (κ1) is 19.7. The van der Waals surface area contributed by atoms with E-state index < -0.39 is 5.60 Å². The minimum Gasteiger partial charge on any atom is -0.491 e. The van der Waals surface area contributed by atoms with Crippen LogP contribution in [-0.2, 0) is 14.2 Å². The van der Waals surface area contributed by atoms with Crippen molar-refractivity contribution in [2.75, 3.05) is 33.5 Å². The van der Waals surface area contributed by atoms with Gasteiger partial charge in [-0.1, -0.05) is 18.2 Å². The number of amides is 1. The molecule has 1 aromatic carbocycles. The Labute approximate surface area is 161 Å². The minimum absolute atomic E-state index is 0.00349.